The molecule has 0 saturated carbocycles. The van der Waals surface area contributed by atoms with Crippen molar-refractivity contribution >= 4 is 11.3 Å². The molecule has 0 saturated heterocycles. The van der Waals surface area contributed by atoms with Gasteiger partial charge >= 0.3 is 0 Å². The molecule has 18 heavy (non-hydrogen) atoms. The lowest BCUT2D eigenvalue weighted by atomic mass is 10.0. The molecule has 0 aliphatic rings. The Morgan fingerprint density at radius 3 is 2.28 bits per heavy atom. The van der Waals surface area contributed by atoms with Crippen LogP contribution >= 0.6 is 11.3 Å². The molecular weight excluding hydrogens is 238 g/mol. The Bertz CT molecular complexity index is 431. The first kappa shape index (κ1) is 13.3. The second kappa shape index (κ2) is 6.72. The van der Waals surface area contributed by atoms with Crippen LogP contribution in [0.15, 0.2) is 47.8 Å². The zero-order valence-electron chi connectivity index (χ0n) is 11.2. The molecule has 0 spiro atoms. The van der Waals surface area contributed by atoms with Gasteiger partial charge in [-0.05, 0) is 36.5 Å². The molecule has 2 heteroatoms. The van der Waals surface area contributed by atoms with E-state index in [2.05, 4.69) is 66.6 Å². The van der Waals surface area contributed by atoms with Crippen molar-refractivity contribution in [3.8, 4) is 0 Å². The number of benzene rings is 1. The maximum atomic E-state index is 2.54. The van der Waals surface area contributed by atoms with E-state index >= 15 is 0 Å². The van der Waals surface area contributed by atoms with Gasteiger partial charge < -0.3 is 0 Å². The van der Waals surface area contributed by atoms with Crippen LogP contribution in [0.2, 0.25) is 0 Å². The molecule has 2 rings (SSSR count). The Kier molecular flexibility index (Phi) is 4.97. The molecule has 0 N–H and O–H groups in total. The predicted octanol–water partition coefficient (Wildman–Crippen LogP) is 4.37. The Hall–Kier alpha value is -1.12. The summed E-state index contributed by atoms with van der Waals surface area (Å²) in [4.78, 5) is 4.02. The van der Waals surface area contributed by atoms with E-state index in [0.717, 1.165) is 19.5 Å². The summed E-state index contributed by atoms with van der Waals surface area (Å²) in [5, 5.41) is 2.18. The lowest BCUT2D eigenvalue weighted by Crippen LogP contribution is -2.29. The summed E-state index contributed by atoms with van der Waals surface area (Å²) in [6, 6.07) is 15.7. The van der Waals surface area contributed by atoms with Crippen molar-refractivity contribution in [2.75, 3.05) is 13.1 Å². The highest BCUT2D eigenvalue weighted by Gasteiger charge is 2.19. The lowest BCUT2D eigenvalue weighted by Gasteiger charge is -2.29. The zero-order valence-corrected chi connectivity index (χ0v) is 12.0. The number of hydrogen-bond donors (Lipinski definition) is 0. The van der Waals surface area contributed by atoms with Crippen molar-refractivity contribution in [3.05, 3.63) is 58.3 Å². The number of thiophene rings is 1. The van der Waals surface area contributed by atoms with Crippen LogP contribution in [0.4, 0.5) is 0 Å². The maximum absolute atomic E-state index is 2.54. The van der Waals surface area contributed by atoms with Gasteiger partial charge in [0.15, 0.2) is 0 Å². The van der Waals surface area contributed by atoms with Crippen LogP contribution in [-0.2, 0) is 6.42 Å². The largest absolute Gasteiger partial charge is 0.296 e. The van der Waals surface area contributed by atoms with Gasteiger partial charge in [-0.25, -0.2) is 0 Å². The lowest BCUT2D eigenvalue weighted by molar-refractivity contribution is 0.220. The molecule has 0 radical (unpaired) electrons. The summed E-state index contributed by atoms with van der Waals surface area (Å²) in [6.45, 7) is 6.70. The quantitative estimate of drug-likeness (QED) is 0.744. The molecule has 1 unspecified atom stereocenters. The first-order chi connectivity index (χ1) is 8.85. The van der Waals surface area contributed by atoms with E-state index in [1.54, 1.807) is 0 Å². The molecule has 0 fully saturated rings. The summed E-state index contributed by atoms with van der Waals surface area (Å²) >= 11 is 1.87. The number of nitrogens with zero attached hydrogens (tertiary/aromatic N) is 1. The van der Waals surface area contributed by atoms with Crippen LogP contribution in [0.1, 0.15) is 30.3 Å². The van der Waals surface area contributed by atoms with Crippen LogP contribution < -0.4 is 0 Å². The third kappa shape index (κ3) is 3.21. The number of rotatable bonds is 6. The molecule has 1 nitrogen and oxygen atoms in total. The van der Waals surface area contributed by atoms with Gasteiger partial charge in [-0.2, -0.15) is 0 Å². The molecule has 0 aliphatic carbocycles. The Morgan fingerprint density at radius 2 is 1.72 bits per heavy atom. The van der Waals surface area contributed by atoms with Gasteiger partial charge in [-0.3, -0.25) is 4.90 Å². The molecule has 0 amide bonds. The molecule has 2 aromatic rings. The third-order valence-electron chi connectivity index (χ3n) is 3.40. The smallest absolute Gasteiger partial charge is 0.0481 e. The SMILES string of the molecule is CCN(CC)C(Cc1ccccc1)c1cccs1. The van der Waals surface area contributed by atoms with E-state index in [0.29, 0.717) is 6.04 Å². The van der Waals surface area contributed by atoms with E-state index in [-0.39, 0.29) is 0 Å². The van der Waals surface area contributed by atoms with Crippen LogP contribution in [-0.4, -0.2) is 18.0 Å². The second-order valence-corrected chi connectivity index (χ2v) is 5.42. The fourth-order valence-electron chi connectivity index (χ4n) is 2.39. The first-order valence-corrected chi connectivity index (χ1v) is 7.54. The minimum atomic E-state index is 0.516. The van der Waals surface area contributed by atoms with Gasteiger partial charge in [0.05, 0.1) is 0 Å². The summed E-state index contributed by atoms with van der Waals surface area (Å²) < 4.78 is 0. The van der Waals surface area contributed by atoms with Crippen molar-refractivity contribution in [1.29, 1.82) is 0 Å². The minimum absolute atomic E-state index is 0.516. The summed E-state index contributed by atoms with van der Waals surface area (Å²) in [7, 11) is 0. The van der Waals surface area contributed by atoms with Crippen molar-refractivity contribution in [2.24, 2.45) is 0 Å². The Balaban J connectivity index is 2.20. The summed E-state index contributed by atoms with van der Waals surface area (Å²) in [5.41, 5.74) is 1.42. The molecule has 0 bridgehead atoms. The Morgan fingerprint density at radius 1 is 1.00 bits per heavy atom. The van der Waals surface area contributed by atoms with E-state index in [1.165, 1.54) is 10.4 Å². The molecule has 1 aromatic carbocycles. The highest BCUT2D eigenvalue weighted by atomic mass is 32.1. The van der Waals surface area contributed by atoms with Crippen molar-refractivity contribution in [3.63, 3.8) is 0 Å². The van der Waals surface area contributed by atoms with Gasteiger partial charge in [0.1, 0.15) is 0 Å². The van der Waals surface area contributed by atoms with Gasteiger partial charge in [0, 0.05) is 10.9 Å². The second-order valence-electron chi connectivity index (χ2n) is 4.44. The van der Waals surface area contributed by atoms with Crippen LogP contribution in [0.25, 0.3) is 0 Å². The molecule has 1 aromatic heterocycles. The third-order valence-corrected chi connectivity index (χ3v) is 4.37. The predicted molar refractivity (Wildman–Crippen MR) is 80.1 cm³/mol. The molecule has 1 heterocycles. The number of likely N-dealkylation sites (N-methyl/N-ethyl adjacent to an activating group) is 1. The van der Waals surface area contributed by atoms with Gasteiger partial charge in [-0.1, -0.05) is 50.2 Å². The monoisotopic (exact) mass is 259 g/mol. The van der Waals surface area contributed by atoms with Crippen LogP contribution in [0.3, 0.4) is 0 Å². The molecule has 96 valence electrons. The minimum Gasteiger partial charge on any atom is -0.296 e. The van der Waals surface area contributed by atoms with Crippen LogP contribution in [0.5, 0.6) is 0 Å². The van der Waals surface area contributed by atoms with Gasteiger partial charge in [-0.15, -0.1) is 11.3 Å². The van der Waals surface area contributed by atoms with Crippen LogP contribution in [0, 0.1) is 0 Å². The zero-order chi connectivity index (χ0) is 12.8. The van der Waals surface area contributed by atoms with E-state index in [4.69, 9.17) is 0 Å². The van der Waals surface area contributed by atoms with Crippen molar-refractivity contribution in [1.82, 2.24) is 4.90 Å². The first-order valence-electron chi connectivity index (χ1n) is 6.66. The molecular formula is C16H21NS. The normalized spacial score (nSPS) is 12.8. The summed E-state index contributed by atoms with van der Waals surface area (Å²) in [6.07, 6.45) is 1.10. The highest BCUT2D eigenvalue weighted by Crippen LogP contribution is 2.28. The van der Waals surface area contributed by atoms with Crippen molar-refractivity contribution in [2.45, 2.75) is 26.3 Å². The van der Waals surface area contributed by atoms with Gasteiger partial charge in [0.2, 0.25) is 0 Å². The average Bonchev–Trinajstić information content (AvgIpc) is 2.94. The Labute approximate surface area is 114 Å². The highest BCUT2D eigenvalue weighted by molar-refractivity contribution is 7.10. The summed E-state index contributed by atoms with van der Waals surface area (Å²) in [5.74, 6) is 0. The van der Waals surface area contributed by atoms with E-state index in [1.807, 2.05) is 11.3 Å². The van der Waals surface area contributed by atoms with E-state index < -0.39 is 0 Å². The fourth-order valence-corrected chi connectivity index (χ4v) is 3.25. The van der Waals surface area contributed by atoms with E-state index in [9.17, 15) is 0 Å². The molecule has 0 aliphatic heterocycles. The molecule has 1 atom stereocenters. The topological polar surface area (TPSA) is 3.24 Å². The fraction of sp³-hybridized carbons (Fsp3) is 0.375. The van der Waals surface area contributed by atoms with Gasteiger partial charge in [0.25, 0.3) is 0 Å². The average molecular weight is 259 g/mol. The maximum Gasteiger partial charge on any atom is 0.0481 e. The van der Waals surface area contributed by atoms with Crippen molar-refractivity contribution < 1.29 is 0 Å². The standard InChI is InChI=1S/C16H21NS/c1-3-17(4-2)15(16-11-8-12-18-16)13-14-9-6-5-7-10-14/h5-12,15H,3-4,13H2,1-2H3. The number of hydrogen-bond acceptors (Lipinski definition) is 2.